The summed E-state index contributed by atoms with van der Waals surface area (Å²) in [6, 6.07) is 43.3. The lowest BCUT2D eigenvalue weighted by atomic mass is 10.1. The van der Waals surface area contributed by atoms with E-state index in [0.29, 0.717) is 16.2 Å². The molecule has 1 amide bonds. The number of nitrogens with zero attached hydrogens (tertiary/aromatic N) is 1. The minimum Gasteiger partial charge on any atom is -0.335 e. The Kier molecular flexibility index (Phi) is 8.18. The van der Waals surface area contributed by atoms with Gasteiger partial charge in [-0.3, -0.25) is 9.00 Å². The minimum absolute atomic E-state index is 0.000410. The molecule has 3 nitrogen and oxygen atoms in total. The van der Waals surface area contributed by atoms with Crippen LogP contribution < -0.4 is 10.6 Å². The van der Waals surface area contributed by atoms with Crippen LogP contribution in [0.3, 0.4) is 0 Å². The van der Waals surface area contributed by atoms with Gasteiger partial charge in [-0.1, -0.05) is 115 Å². The van der Waals surface area contributed by atoms with E-state index < -0.39 is 18.7 Å². The van der Waals surface area contributed by atoms with Gasteiger partial charge in [-0.2, -0.15) is 0 Å². The summed E-state index contributed by atoms with van der Waals surface area (Å²) in [6.07, 6.45) is 2.91. The fourth-order valence-corrected chi connectivity index (χ4v) is 9.62. The molecule has 0 radical (unpaired) electrons. The standard InChI is InChI=1S/C35H32NO2PS/c37-35(33-22-9-10-23-34(33)40(38)26-28-15-11-14-27-13-7-8-21-32(27)28)36-24-12-16-29(36)25-39(30-17-3-1-4-18-30)31-19-5-2-6-20-31/h1-11,13-15,17-23,29H,12,16,24-26H2/t29-,40?/m0/s1. The largest absolute Gasteiger partial charge is 0.335 e. The average Bonchev–Trinajstić information content (AvgIpc) is 3.49. The molecule has 5 aromatic carbocycles. The molecule has 0 aliphatic carbocycles. The normalized spacial score (nSPS) is 15.9. The van der Waals surface area contributed by atoms with Crippen LogP contribution >= 0.6 is 7.92 Å². The van der Waals surface area contributed by atoms with Crippen molar-refractivity contribution in [3.05, 3.63) is 139 Å². The Hall–Kier alpha value is -3.59. The molecule has 0 saturated carbocycles. The Labute approximate surface area is 240 Å². The van der Waals surface area contributed by atoms with Gasteiger partial charge >= 0.3 is 0 Å². The molecule has 0 bridgehead atoms. The first-order chi connectivity index (χ1) is 19.7. The monoisotopic (exact) mass is 561 g/mol. The van der Waals surface area contributed by atoms with Gasteiger partial charge in [-0.25, -0.2) is 0 Å². The number of hydrogen-bond acceptors (Lipinski definition) is 2. The van der Waals surface area contributed by atoms with E-state index >= 15 is 0 Å². The van der Waals surface area contributed by atoms with Crippen molar-refractivity contribution in [3.63, 3.8) is 0 Å². The van der Waals surface area contributed by atoms with E-state index in [0.717, 1.165) is 41.9 Å². The predicted octanol–water partition coefficient (Wildman–Crippen LogP) is 6.89. The summed E-state index contributed by atoms with van der Waals surface area (Å²) >= 11 is 0. The van der Waals surface area contributed by atoms with Crippen molar-refractivity contribution < 1.29 is 9.00 Å². The van der Waals surface area contributed by atoms with Crippen molar-refractivity contribution in [2.24, 2.45) is 0 Å². The minimum atomic E-state index is -1.35. The first-order valence-corrected chi connectivity index (χ1v) is 16.7. The first kappa shape index (κ1) is 26.6. The van der Waals surface area contributed by atoms with Gasteiger partial charge in [-0.05, 0) is 66.0 Å². The molecule has 1 saturated heterocycles. The van der Waals surface area contributed by atoms with Crippen LogP contribution in [0.1, 0.15) is 28.8 Å². The van der Waals surface area contributed by atoms with Crippen molar-refractivity contribution in [1.29, 1.82) is 0 Å². The molecule has 6 rings (SSSR count). The van der Waals surface area contributed by atoms with E-state index in [9.17, 15) is 9.00 Å². The van der Waals surface area contributed by atoms with E-state index in [2.05, 4.69) is 83.8 Å². The third-order valence-electron chi connectivity index (χ3n) is 7.70. The molecule has 5 heteroatoms. The quantitative estimate of drug-likeness (QED) is 0.194. The van der Waals surface area contributed by atoms with Gasteiger partial charge in [0.2, 0.25) is 0 Å². The number of benzene rings is 5. The molecule has 1 aliphatic heterocycles. The van der Waals surface area contributed by atoms with Crippen molar-refractivity contribution in [3.8, 4) is 0 Å². The predicted molar refractivity (Wildman–Crippen MR) is 168 cm³/mol. The van der Waals surface area contributed by atoms with Gasteiger partial charge in [0.25, 0.3) is 5.91 Å². The van der Waals surface area contributed by atoms with Gasteiger partial charge in [0.15, 0.2) is 0 Å². The Morgan fingerprint density at radius 1 is 0.750 bits per heavy atom. The molecular formula is C35H32NO2PS. The molecule has 200 valence electrons. The molecule has 1 heterocycles. The smallest absolute Gasteiger partial charge is 0.255 e. The maximum Gasteiger partial charge on any atom is 0.255 e. The van der Waals surface area contributed by atoms with E-state index in [1.165, 1.54) is 10.6 Å². The van der Waals surface area contributed by atoms with Gasteiger partial charge in [0.1, 0.15) is 0 Å². The molecule has 0 spiro atoms. The number of fused-ring (bicyclic) bond motifs is 1. The van der Waals surface area contributed by atoms with Crippen LogP contribution in [0.15, 0.2) is 132 Å². The molecule has 0 aromatic heterocycles. The molecule has 0 N–H and O–H groups in total. The maximum atomic E-state index is 14.1. The summed E-state index contributed by atoms with van der Waals surface area (Å²) in [5.41, 5.74) is 1.60. The number of hydrogen-bond donors (Lipinski definition) is 0. The molecular weight excluding hydrogens is 529 g/mol. The van der Waals surface area contributed by atoms with Crippen LogP contribution in [-0.4, -0.2) is 33.8 Å². The van der Waals surface area contributed by atoms with Gasteiger partial charge in [0, 0.05) is 12.6 Å². The lowest BCUT2D eigenvalue weighted by Crippen LogP contribution is -2.39. The zero-order chi connectivity index (χ0) is 27.3. The maximum absolute atomic E-state index is 14.1. The lowest BCUT2D eigenvalue weighted by Gasteiger charge is -2.29. The highest BCUT2D eigenvalue weighted by Crippen LogP contribution is 2.38. The molecule has 1 fully saturated rings. The zero-order valence-corrected chi connectivity index (χ0v) is 24.1. The highest BCUT2D eigenvalue weighted by atomic mass is 32.2. The van der Waals surface area contributed by atoms with Crippen molar-refractivity contribution >= 4 is 46.0 Å². The number of likely N-dealkylation sites (tertiary alicyclic amines) is 1. The van der Waals surface area contributed by atoms with Crippen LogP contribution in [0.2, 0.25) is 0 Å². The van der Waals surface area contributed by atoms with Crippen molar-refractivity contribution in [1.82, 2.24) is 4.90 Å². The summed E-state index contributed by atoms with van der Waals surface area (Å²) in [5, 5.41) is 4.91. The summed E-state index contributed by atoms with van der Waals surface area (Å²) in [7, 11) is -1.95. The van der Waals surface area contributed by atoms with E-state index in [-0.39, 0.29) is 11.9 Å². The van der Waals surface area contributed by atoms with Crippen LogP contribution in [0, 0.1) is 0 Å². The third-order valence-corrected chi connectivity index (χ3v) is 11.7. The second-order valence-corrected chi connectivity index (χ2v) is 13.9. The average molecular weight is 562 g/mol. The third kappa shape index (κ3) is 5.66. The topological polar surface area (TPSA) is 37.4 Å². The Morgan fingerprint density at radius 2 is 1.38 bits per heavy atom. The zero-order valence-electron chi connectivity index (χ0n) is 22.4. The van der Waals surface area contributed by atoms with E-state index in [4.69, 9.17) is 0 Å². The second kappa shape index (κ2) is 12.3. The van der Waals surface area contributed by atoms with Crippen LogP contribution in [0.4, 0.5) is 0 Å². The lowest BCUT2D eigenvalue weighted by molar-refractivity contribution is 0.0746. The first-order valence-electron chi connectivity index (χ1n) is 13.8. The van der Waals surface area contributed by atoms with Crippen LogP contribution in [0.25, 0.3) is 10.8 Å². The van der Waals surface area contributed by atoms with Crippen LogP contribution in [-0.2, 0) is 16.6 Å². The molecule has 1 unspecified atom stereocenters. The Balaban J connectivity index is 1.26. The van der Waals surface area contributed by atoms with Crippen molar-refractivity contribution in [2.75, 3.05) is 12.7 Å². The van der Waals surface area contributed by atoms with Gasteiger partial charge in [-0.15, -0.1) is 0 Å². The SMILES string of the molecule is O=C(c1ccccc1S(=O)Cc1cccc2ccccc12)N1CCC[C@H]1CP(c1ccccc1)c1ccccc1. The summed E-state index contributed by atoms with van der Waals surface area (Å²) < 4.78 is 13.8. The molecule has 1 aliphatic rings. The highest BCUT2D eigenvalue weighted by Gasteiger charge is 2.33. The summed E-state index contributed by atoms with van der Waals surface area (Å²) in [5.74, 6) is 0.378. The number of amides is 1. The summed E-state index contributed by atoms with van der Waals surface area (Å²) in [6.45, 7) is 0.737. The highest BCUT2D eigenvalue weighted by molar-refractivity contribution is 7.84. The van der Waals surface area contributed by atoms with E-state index in [1.807, 2.05) is 48.5 Å². The number of carbonyl (C=O) groups is 1. The second-order valence-electron chi connectivity index (χ2n) is 10.2. The molecule has 40 heavy (non-hydrogen) atoms. The van der Waals surface area contributed by atoms with Gasteiger partial charge in [0.05, 0.1) is 27.0 Å². The fraction of sp³-hybridized carbons (Fsp3) is 0.171. The fourth-order valence-electron chi connectivity index (χ4n) is 5.71. The van der Waals surface area contributed by atoms with Crippen molar-refractivity contribution in [2.45, 2.75) is 29.5 Å². The Morgan fingerprint density at radius 3 is 2.12 bits per heavy atom. The molecule has 5 aromatic rings. The number of carbonyl (C=O) groups excluding carboxylic acids is 1. The van der Waals surface area contributed by atoms with Gasteiger partial charge < -0.3 is 4.90 Å². The van der Waals surface area contributed by atoms with E-state index in [1.54, 1.807) is 0 Å². The summed E-state index contributed by atoms with van der Waals surface area (Å²) in [4.78, 5) is 16.8. The Bertz CT molecular complexity index is 1600. The number of rotatable bonds is 8. The van der Waals surface area contributed by atoms with Crippen LogP contribution in [0.5, 0.6) is 0 Å². The molecule has 2 atom stereocenters.